The molecule has 0 aromatic rings. The highest BCUT2D eigenvalue weighted by atomic mass is 16.7. The summed E-state index contributed by atoms with van der Waals surface area (Å²) in [6, 6.07) is 0.736. The van der Waals surface area contributed by atoms with Gasteiger partial charge in [0.05, 0.1) is 12.7 Å². The first-order valence-electron chi connectivity index (χ1n) is 8.52. The van der Waals surface area contributed by atoms with Gasteiger partial charge in [-0.2, -0.15) is 0 Å². The fourth-order valence-corrected chi connectivity index (χ4v) is 4.08. The number of hydrogen-bond donors (Lipinski definition) is 1. The molecule has 2 atom stereocenters. The van der Waals surface area contributed by atoms with E-state index in [2.05, 4.69) is 10.2 Å². The highest BCUT2D eigenvalue weighted by Crippen LogP contribution is 2.39. The lowest BCUT2D eigenvalue weighted by Gasteiger charge is -2.37. The molecule has 4 nitrogen and oxygen atoms in total. The lowest BCUT2D eigenvalue weighted by molar-refractivity contribution is -0.164. The van der Waals surface area contributed by atoms with Gasteiger partial charge in [-0.1, -0.05) is 6.42 Å². The molecule has 2 heterocycles. The van der Waals surface area contributed by atoms with Gasteiger partial charge >= 0.3 is 0 Å². The molecule has 0 radical (unpaired) electrons. The SMILES string of the molecule is CNCCC1CCCCN1CC1COC2(CCCC2)O1. The lowest BCUT2D eigenvalue weighted by Crippen LogP contribution is -2.45. The van der Waals surface area contributed by atoms with Crippen molar-refractivity contribution in [2.75, 3.05) is 33.3 Å². The van der Waals surface area contributed by atoms with E-state index in [4.69, 9.17) is 9.47 Å². The van der Waals surface area contributed by atoms with Crippen molar-refractivity contribution in [3.63, 3.8) is 0 Å². The number of hydrogen-bond acceptors (Lipinski definition) is 4. The Kier molecular flexibility index (Phi) is 4.97. The predicted molar refractivity (Wildman–Crippen MR) is 79.8 cm³/mol. The Labute approximate surface area is 123 Å². The molecule has 116 valence electrons. The summed E-state index contributed by atoms with van der Waals surface area (Å²) in [6.07, 6.45) is 10.4. The molecular formula is C16H30N2O2. The molecule has 3 aliphatic rings. The van der Waals surface area contributed by atoms with Crippen molar-refractivity contribution in [3.05, 3.63) is 0 Å². The maximum absolute atomic E-state index is 6.29. The van der Waals surface area contributed by atoms with E-state index in [9.17, 15) is 0 Å². The maximum Gasteiger partial charge on any atom is 0.168 e. The third-order valence-electron chi connectivity index (χ3n) is 5.19. The van der Waals surface area contributed by atoms with Crippen LogP contribution in [0.15, 0.2) is 0 Å². The van der Waals surface area contributed by atoms with Gasteiger partial charge in [0, 0.05) is 25.4 Å². The van der Waals surface area contributed by atoms with Crippen molar-refractivity contribution in [1.29, 1.82) is 0 Å². The first-order chi connectivity index (χ1) is 9.81. The average Bonchev–Trinajstić information content (AvgIpc) is 3.09. The van der Waals surface area contributed by atoms with E-state index in [-0.39, 0.29) is 5.79 Å². The molecular weight excluding hydrogens is 252 g/mol. The van der Waals surface area contributed by atoms with Crippen LogP contribution in [-0.4, -0.2) is 56.1 Å². The topological polar surface area (TPSA) is 33.7 Å². The number of rotatable bonds is 5. The van der Waals surface area contributed by atoms with Gasteiger partial charge in [0.15, 0.2) is 5.79 Å². The minimum absolute atomic E-state index is 0.194. The van der Waals surface area contributed by atoms with Crippen LogP contribution in [0.2, 0.25) is 0 Å². The van der Waals surface area contributed by atoms with Crippen LogP contribution in [0.25, 0.3) is 0 Å². The molecule has 1 aliphatic carbocycles. The summed E-state index contributed by atoms with van der Waals surface area (Å²) in [5, 5.41) is 3.29. The lowest BCUT2D eigenvalue weighted by atomic mass is 9.99. The molecule has 0 aromatic carbocycles. The minimum Gasteiger partial charge on any atom is -0.347 e. The zero-order valence-corrected chi connectivity index (χ0v) is 12.9. The highest BCUT2D eigenvalue weighted by molar-refractivity contribution is 4.87. The quantitative estimate of drug-likeness (QED) is 0.837. The number of nitrogens with zero attached hydrogens (tertiary/aromatic N) is 1. The molecule has 2 aliphatic heterocycles. The van der Waals surface area contributed by atoms with Crippen molar-refractivity contribution in [2.45, 2.75) is 69.3 Å². The van der Waals surface area contributed by atoms with Crippen LogP contribution in [0.3, 0.4) is 0 Å². The van der Waals surface area contributed by atoms with Gasteiger partial charge in [-0.05, 0) is 52.2 Å². The van der Waals surface area contributed by atoms with E-state index in [1.165, 1.54) is 45.1 Å². The number of piperidine rings is 1. The normalized spacial score (nSPS) is 34.0. The molecule has 2 unspecified atom stereocenters. The molecule has 3 fully saturated rings. The Balaban J connectivity index is 1.50. The molecule has 4 heteroatoms. The van der Waals surface area contributed by atoms with E-state index in [1.54, 1.807) is 0 Å². The second kappa shape index (κ2) is 6.73. The number of ether oxygens (including phenoxy) is 2. The molecule has 20 heavy (non-hydrogen) atoms. The molecule has 3 rings (SSSR count). The van der Waals surface area contributed by atoms with Crippen molar-refractivity contribution < 1.29 is 9.47 Å². The van der Waals surface area contributed by atoms with Gasteiger partial charge in [0.25, 0.3) is 0 Å². The summed E-state index contributed by atoms with van der Waals surface area (Å²) in [6.45, 7) is 4.22. The number of nitrogens with one attached hydrogen (secondary N) is 1. The molecule has 1 saturated carbocycles. The Bertz CT molecular complexity index is 305. The fraction of sp³-hybridized carbons (Fsp3) is 1.00. The zero-order chi connectivity index (χ0) is 13.8. The van der Waals surface area contributed by atoms with Crippen molar-refractivity contribution in [2.24, 2.45) is 0 Å². The van der Waals surface area contributed by atoms with Crippen LogP contribution in [0.5, 0.6) is 0 Å². The summed E-state index contributed by atoms with van der Waals surface area (Å²) in [5.74, 6) is -0.194. The summed E-state index contributed by atoms with van der Waals surface area (Å²) in [4.78, 5) is 2.66. The molecule has 1 N–H and O–H groups in total. The van der Waals surface area contributed by atoms with Crippen molar-refractivity contribution in [1.82, 2.24) is 10.2 Å². The van der Waals surface area contributed by atoms with Gasteiger partial charge in [-0.3, -0.25) is 4.90 Å². The first kappa shape index (κ1) is 14.8. The summed E-state index contributed by atoms with van der Waals surface area (Å²) >= 11 is 0. The smallest absolute Gasteiger partial charge is 0.168 e. The first-order valence-corrected chi connectivity index (χ1v) is 8.52. The standard InChI is InChI=1S/C16H30N2O2/c1-17-10-7-14-6-2-5-11-18(14)12-15-13-19-16(20-15)8-3-4-9-16/h14-15,17H,2-13H2,1H3. The molecule has 1 spiro atoms. The third kappa shape index (κ3) is 3.35. The largest absolute Gasteiger partial charge is 0.347 e. The van der Waals surface area contributed by atoms with Crippen LogP contribution in [0, 0.1) is 0 Å². The van der Waals surface area contributed by atoms with E-state index in [0.717, 1.165) is 38.6 Å². The fourth-order valence-electron chi connectivity index (χ4n) is 4.08. The second-order valence-corrected chi connectivity index (χ2v) is 6.71. The average molecular weight is 282 g/mol. The van der Waals surface area contributed by atoms with Crippen LogP contribution in [0.1, 0.15) is 51.4 Å². The van der Waals surface area contributed by atoms with Gasteiger partial charge in [0.1, 0.15) is 0 Å². The third-order valence-corrected chi connectivity index (χ3v) is 5.19. The summed E-state index contributed by atoms with van der Waals surface area (Å²) < 4.78 is 12.3. The van der Waals surface area contributed by atoms with E-state index < -0.39 is 0 Å². The highest BCUT2D eigenvalue weighted by Gasteiger charge is 2.44. The summed E-state index contributed by atoms with van der Waals surface area (Å²) in [7, 11) is 2.05. The molecule has 0 amide bonds. The maximum atomic E-state index is 6.29. The monoisotopic (exact) mass is 282 g/mol. The van der Waals surface area contributed by atoms with E-state index in [0.29, 0.717) is 6.10 Å². The van der Waals surface area contributed by atoms with Gasteiger partial charge in [-0.15, -0.1) is 0 Å². The van der Waals surface area contributed by atoms with E-state index in [1.807, 2.05) is 7.05 Å². The van der Waals surface area contributed by atoms with Gasteiger partial charge in [-0.25, -0.2) is 0 Å². The number of likely N-dealkylation sites (tertiary alicyclic amines) is 1. The minimum atomic E-state index is -0.194. The zero-order valence-electron chi connectivity index (χ0n) is 12.9. The molecule has 0 aromatic heterocycles. The Hall–Kier alpha value is -0.160. The summed E-state index contributed by atoms with van der Waals surface area (Å²) in [5.41, 5.74) is 0. The molecule has 0 bridgehead atoms. The Morgan fingerprint density at radius 2 is 2.05 bits per heavy atom. The van der Waals surface area contributed by atoms with Crippen LogP contribution >= 0.6 is 0 Å². The van der Waals surface area contributed by atoms with Gasteiger partial charge < -0.3 is 14.8 Å². The van der Waals surface area contributed by atoms with Crippen LogP contribution in [-0.2, 0) is 9.47 Å². The van der Waals surface area contributed by atoms with Crippen LogP contribution < -0.4 is 5.32 Å². The molecule has 2 saturated heterocycles. The van der Waals surface area contributed by atoms with Crippen LogP contribution in [0.4, 0.5) is 0 Å². The predicted octanol–water partition coefficient (Wildman–Crippen LogP) is 2.14. The van der Waals surface area contributed by atoms with Gasteiger partial charge in [0.2, 0.25) is 0 Å². The Morgan fingerprint density at radius 3 is 2.85 bits per heavy atom. The van der Waals surface area contributed by atoms with E-state index >= 15 is 0 Å². The van der Waals surface area contributed by atoms with Crippen molar-refractivity contribution >= 4 is 0 Å². The Morgan fingerprint density at radius 1 is 1.20 bits per heavy atom. The van der Waals surface area contributed by atoms with Crippen molar-refractivity contribution in [3.8, 4) is 0 Å². The second-order valence-electron chi connectivity index (χ2n) is 6.71.